The molecule has 6 nitrogen and oxygen atoms in total. The second-order valence-electron chi connectivity index (χ2n) is 6.72. The van der Waals surface area contributed by atoms with Gasteiger partial charge >= 0.3 is 0 Å². The molecule has 8 heteroatoms. The Kier molecular flexibility index (Phi) is 5.63. The SMILES string of the molecule is CC(C)CCc1nc(CSc2nnc(C3COc4ccccc4O3)o2)cs1. The molecule has 0 fully saturated rings. The van der Waals surface area contributed by atoms with Crippen LogP contribution >= 0.6 is 23.1 Å². The minimum atomic E-state index is -0.386. The van der Waals surface area contributed by atoms with E-state index in [4.69, 9.17) is 13.9 Å². The second kappa shape index (κ2) is 8.31. The molecule has 0 radical (unpaired) electrons. The third kappa shape index (κ3) is 4.62. The topological polar surface area (TPSA) is 70.3 Å². The average Bonchev–Trinajstić information content (AvgIpc) is 3.34. The lowest BCUT2D eigenvalue weighted by Crippen LogP contribution is -2.21. The summed E-state index contributed by atoms with van der Waals surface area (Å²) >= 11 is 3.21. The fourth-order valence-corrected chi connectivity index (χ4v) is 4.21. The Hall–Kier alpha value is -2.06. The maximum atomic E-state index is 5.90. The highest BCUT2D eigenvalue weighted by Crippen LogP contribution is 2.36. The molecule has 3 heterocycles. The lowest BCUT2D eigenvalue weighted by molar-refractivity contribution is 0.0686. The van der Waals surface area contributed by atoms with Gasteiger partial charge in [0.05, 0.1) is 10.7 Å². The largest absolute Gasteiger partial charge is 0.485 e. The Balaban J connectivity index is 1.32. The Labute approximate surface area is 166 Å². The molecule has 3 aromatic rings. The molecule has 142 valence electrons. The molecule has 0 spiro atoms. The standard InChI is InChI=1S/C19H21N3O3S2/c1-12(2)7-8-17-20-13(10-26-17)11-27-19-22-21-18(25-19)16-9-23-14-5-3-4-6-15(14)24-16/h3-6,10,12,16H,7-9,11H2,1-2H3. The van der Waals surface area contributed by atoms with Gasteiger partial charge in [0.15, 0.2) is 11.5 Å². The van der Waals surface area contributed by atoms with Gasteiger partial charge in [0.1, 0.15) is 6.61 Å². The Bertz CT molecular complexity index is 894. The van der Waals surface area contributed by atoms with E-state index in [9.17, 15) is 0 Å². The fraction of sp³-hybridized carbons (Fsp3) is 0.421. The van der Waals surface area contributed by atoms with Crippen molar-refractivity contribution in [2.45, 2.75) is 43.8 Å². The zero-order valence-electron chi connectivity index (χ0n) is 15.3. The number of aromatic nitrogens is 3. The molecule has 0 aliphatic carbocycles. The number of para-hydroxylation sites is 2. The van der Waals surface area contributed by atoms with Gasteiger partial charge in [-0.2, -0.15) is 0 Å². The van der Waals surface area contributed by atoms with E-state index in [0.717, 1.165) is 17.9 Å². The van der Waals surface area contributed by atoms with E-state index in [0.29, 0.717) is 35.1 Å². The first-order chi connectivity index (χ1) is 13.2. The van der Waals surface area contributed by atoms with Gasteiger partial charge in [0.25, 0.3) is 11.1 Å². The highest BCUT2D eigenvalue weighted by molar-refractivity contribution is 7.98. The van der Waals surface area contributed by atoms with Crippen molar-refractivity contribution in [1.82, 2.24) is 15.2 Å². The Morgan fingerprint density at radius 3 is 2.93 bits per heavy atom. The van der Waals surface area contributed by atoms with Crippen molar-refractivity contribution in [3.05, 3.63) is 46.2 Å². The molecule has 1 aliphatic rings. The van der Waals surface area contributed by atoms with E-state index in [1.165, 1.54) is 23.2 Å². The Morgan fingerprint density at radius 2 is 2.07 bits per heavy atom. The number of ether oxygens (including phenoxy) is 2. The van der Waals surface area contributed by atoms with Gasteiger partial charge in [-0.15, -0.1) is 21.5 Å². The molecule has 1 unspecified atom stereocenters. The van der Waals surface area contributed by atoms with Crippen LogP contribution < -0.4 is 9.47 Å². The number of fused-ring (bicyclic) bond motifs is 1. The molecule has 0 saturated heterocycles. The van der Waals surface area contributed by atoms with Gasteiger partial charge in [-0.1, -0.05) is 37.7 Å². The molecule has 1 atom stereocenters. The summed E-state index contributed by atoms with van der Waals surface area (Å²) in [6.07, 6.45) is 1.82. The third-order valence-corrected chi connectivity index (χ3v) is 5.89. The number of hydrogen-bond donors (Lipinski definition) is 0. The van der Waals surface area contributed by atoms with Crippen LogP contribution in [0.1, 0.15) is 43.0 Å². The monoisotopic (exact) mass is 403 g/mol. The van der Waals surface area contributed by atoms with E-state index in [1.807, 2.05) is 24.3 Å². The van der Waals surface area contributed by atoms with Crippen LogP contribution in [0.4, 0.5) is 0 Å². The van der Waals surface area contributed by atoms with Crippen LogP contribution in [-0.2, 0) is 12.2 Å². The normalized spacial score (nSPS) is 16.0. The fourth-order valence-electron chi connectivity index (χ4n) is 2.63. The van der Waals surface area contributed by atoms with Crippen LogP contribution in [0.2, 0.25) is 0 Å². The molecule has 0 saturated carbocycles. The summed E-state index contributed by atoms with van der Waals surface area (Å²) in [5.74, 6) is 3.27. The van der Waals surface area contributed by atoms with Crippen LogP contribution in [0.5, 0.6) is 11.5 Å². The zero-order valence-corrected chi connectivity index (χ0v) is 16.9. The number of thioether (sulfide) groups is 1. The smallest absolute Gasteiger partial charge is 0.277 e. The van der Waals surface area contributed by atoms with E-state index in [-0.39, 0.29) is 6.10 Å². The van der Waals surface area contributed by atoms with E-state index in [1.54, 1.807) is 11.3 Å². The molecule has 0 N–H and O–H groups in total. The summed E-state index contributed by atoms with van der Waals surface area (Å²) in [5, 5.41) is 12.0. The molecule has 0 amide bonds. The summed E-state index contributed by atoms with van der Waals surface area (Å²) in [7, 11) is 0. The quantitative estimate of drug-likeness (QED) is 0.519. The van der Waals surface area contributed by atoms with E-state index >= 15 is 0 Å². The van der Waals surface area contributed by atoms with Crippen LogP contribution in [-0.4, -0.2) is 21.8 Å². The van der Waals surface area contributed by atoms with Crippen molar-refractivity contribution in [2.75, 3.05) is 6.61 Å². The van der Waals surface area contributed by atoms with Gasteiger partial charge in [-0.05, 0) is 30.9 Å². The first kappa shape index (κ1) is 18.3. The lowest BCUT2D eigenvalue weighted by Gasteiger charge is -2.23. The third-order valence-electron chi connectivity index (χ3n) is 4.08. The average molecular weight is 404 g/mol. The summed E-state index contributed by atoms with van der Waals surface area (Å²) in [6.45, 7) is 4.82. The van der Waals surface area contributed by atoms with Gasteiger partial charge in [0.2, 0.25) is 6.10 Å². The van der Waals surface area contributed by atoms with Crippen LogP contribution in [0.15, 0.2) is 39.3 Å². The summed E-state index contributed by atoms with van der Waals surface area (Å²) < 4.78 is 17.4. The summed E-state index contributed by atoms with van der Waals surface area (Å²) in [6, 6.07) is 7.57. The Morgan fingerprint density at radius 1 is 1.22 bits per heavy atom. The molecule has 27 heavy (non-hydrogen) atoms. The molecule has 1 aliphatic heterocycles. The second-order valence-corrected chi connectivity index (χ2v) is 8.59. The van der Waals surface area contributed by atoms with E-state index in [2.05, 4.69) is 34.4 Å². The molecular weight excluding hydrogens is 382 g/mol. The van der Waals surface area contributed by atoms with Crippen LogP contribution in [0, 0.1) is 5.92 Å². The van der Waals surface area contributed by atoms with Gasteiger partial charge in [-0.25, -0.2) is 4.98 Å². The number of rotatable bonds is 7. The number of nitrogens with zero attached hydrogens (tertiary/aromatic N) is 3. The predicted octanol–water partition coefficient (Wildman–Crippen LogP) is 4.92. The molecule has 2 aromatic heterocycles. The van der Waals surface area contributed by atoms with Crippen molar-refractivity contribution in [3.63, 3.8) is 0 Å². The van der Waals surface area contributed by atoms with E-state index < -0.39 is 0 Å². The van der Waals surface area contributed by atoms with Gasteiger partial charge in [0, 0.05) is 11.1 Å². The number of hydrogen-bond acceptors (Lipinski definition) is 8. The maximum absolute atomic E-state index is 5.90. The van der Waals surface area contributed by atoms with Crippen molar-refractivity contribution in [2.24, 2.45) is 5.92 Å². The highest BCUT2D eigenvalue weighted by atomic mass is 32.2. The number of thiazole rings is 1. The van der Waals surface area contributed by atoms with Crippen LogP contribution in [0.3, 0.4) is 0 Å². The highest BCUT2D eigenvalue weighted by Gasteiger charge is 2.27. The maximum Gasteiger partial charge on any atom is 0.277 e. The minimum Gasteiger partial charge on any atom is -0.485 e. The summed E-state index contributed by atoms with van der Waals surface area (Å²) in [4.78, 5) is 4.68. The minimum absolute atomic E-state index is 0.356. The van der Waals surface area contributed by atoms with Crippen molar-refractivity contribution in [1.29, 1.82) is 0 Å². The van der Waals surface area contributed by atoms with Gasteiger partial charge < -0.3 is 13.9 Å². The predicted molar refractivity (Wildman–Crippen MR) is 104 cm³/mol. The zero-order chi connectivity index (χ0) is 18.6. The summed E-state index contributed by atoms with van der Waals surface area (Å²) in [5.41, 5.74) is 1.05. The number of benzene rings is 1. The van der Waals surface area contributed by atoms with Crippen molar-refractivity contribution >= 4 is 23.1 Å². The van der Waals surface area contributed by atoms with Gasteiger partial charge in [-0.3, -0.25) is 0 Å². The van der Waals surface area contributed by atoms with Crippen LogP contribution in [0.25, 0.3) is 0 Å². The molecular formula is C19H21N3O3S2. The molecule has 4 rings (SSSR count). The molecule has 0 bridgehead atoms. The van der Waals surface area contributed by atoms with Crippen molar-refractivity contribution in [3.8, 4) is 11.5 Å². The first-order valence-electron chi connectivity index (χ1n) is 8.95. The molecule has 1 aromatic carbocycles. The lowest BCUT2D eigenvalue weighted by atomic mass is 10.1. The number of aryl methyl sites for hydroxylation is 1. The first-order valence-corrected chi connectivity index (χ1v) is 10.8. The van der Waals surface area contributed by atoms with Crippen molar-refractivity contribution < 1.29 is 13.9 Å².